The van der Waals surface area contributed by atoms with Crippen molar-refractivity contribution in [1.29, 1.82) is 0 Å². The number of amides is 1. The summed E-state index contributed by atoms with van der Waals surface area (Å²) >= 11 is 1.41. The highest BCUT2D eigenvalue weighted by Gasteiger charge is 2.29. The van der Waals surface area contributed by atoms with Crippen molar-refractivity contribution in [3.63, 3.8) is 0 Å². The highest BCUT2D eigenvalue weighted by atomic mass is 32.2. The third-order valence-electron chi connectivity index (χ3n) is 3.51. The van der Waals surface area contributed by atoms with Crippen molar-refractivity contribution >= 4 is 23.5 Å². The van der Waals surface area contributed by atoms with Gasteiger partial charge in [-0.3, -0.25) is 9.59 Å². The minimum absolute atomic E-state index is 0.0236. The maximum absolute atomic E-state index is 12.1. The maximum atomic E-state index is 12.1. The van der Waals surface area contributed by atoms with Crippen molar-refractivity contribution in [2.75, 3.05) is 18.9 Å². The highest BCUT2D eigenvalue weighted by molar-refractivity contribution is 8.04. The fourth-order valence-corrected chi connectivity index (χ4v) is 2.95. The van der Waals surface area contributed by atoms with E-state index in [4.69, 9.17) is 4.74 Å². The molecule has 1 saturated heterocycles. The van der Waals surface area contributed by atoms with E-state index < -0.39 is 5.41 Å². The number of carbonyl (C=O) groups is 2. The van der Waals surface area contributed by atoms with E-state index in [1.807, 2.05) is 52.0 Å². The molecule has 1 fully saturated rings. The Balaban J connectivity index is 1.96. The van der Waals surface area contributed by atoms with Crippen LogP contribution in [0.3, 0.4) is 0 Å². The van der Waals surface area contributed by atoms with Gasteiger partial charge in [0.1, 0.15) is 12.4 Å². The number of ether oxygens (including phenoxy) is 1. The van der Waals surface area contributed by atoms with E-state index in [9.17, 15) is 9.59 Å². The topological polar surface area (TPSA) is 46.6 Å². The van der Waals surface area contributed by atoms with Gasteiger partial charge in [-0.05, 0) is 19.1 Å². The molecule has 0 spiro atoms. The van der Waals surface area contributed by atoms with Crippen molar-refractivity contribution in [3.8, 4) is 5.75 Å². The molecule has 0 N–H and O–H groups in total. The van der Waals surface area contributed by atoms with Crippen LogP contribution in [0.2, 0.25) is 0 Å². The molecule has 23 heavy (non-hydrogen) atoms. The van der Waals surface area contributed by atoms with Gasteiger partial charge in [0.05, 0.1) is 17.3 Å². The summed E-state index contributed by atoms with van der Waals surface area (Å²) in [5, 5.41) is 0.724. The first-order valence-electron chi connectivity index (χ1n) is 7.66. The Hall–Kier alpha value is -1.75. The van der Waals surface area contributed by atoms with Crippen LogP contribution in [0.25, 0.3) is 0 Å². The molecule has 1 aliphatic heterocycles. The van der Waals surface area contributed by atoms with Gasteiger partial charge in [0.25, 0.3) is 0 Å². The average molecular weight is 333 g/mol. The molecule has 0 atom stereocenters. The molecule has 2 rings (SSSR count). The van der Waals surface area contributed by atoms with Crippen LogP contribution in [0.5, 0.6) is 5.75 Å². The molecule has 0 aliphatic carbocycles. The van der Waals surface area contributed by atoms with Crippen LogP contribution in [-0.2, 0) is 9.59 Å². The molecule has 0 saturated carbocycles. The number of ketones is 1. The Labute approximate surface area is 141 Å². The van der Waals surface area contributed by atoms with Crippen molar-refractivity contribution in [2.24, 2.45) is 5.41 Å². The second kappa shape index (κ2) is 7.21. The number of hydrogen-bond donors (Lipinski definition) is 0. The Morgan fingerprint density at radius 3 is 2.57 bits per heavy atom. The molecule has 0 unspecified atom stereocenters. The van der Waals surface area contributed by atoms with Crippen LogP contribution >= 0.6 is 11.8 Å². The number of benzene rings is 1. The average Bonchev–Trinajstić information content (AvgIpc) is 2.81. The van der Waals surface area contributed by atoms with E-state index >= 15 is 0 Å². The summed E-state index contributed by atoms with van der Waals surface area (Å²) in [6, 6.07) is 7.80. The van der Waals surface area contributed by atoms with Crippen molar-refractivity contribution in [2.45, 2.75) is 27.7 Å². The Kier molecular flexibility index (Phi) is 5.52. The molecule has 0 aromatic heterocycles. The third-order valence-corrected chi connectivity index (χ3v) is 4.53. The van der Waals surface area contributed by atoms with E-state index in [-0.39, 0.29) is 11.7 Å². The van der Waals surface area contributed by atoms with E-state index in [0.29, 0.717) is 18.9 Å². The predicted octanol–water partition coefficient (Wildman–Crippen LogP) is 3.41. The summed E-state index contributed by atoms with van der Waals surface area (Å²) in [6.45, 7) is 8.49. The van der Waals surface area contributed by atoms with Gasteiger partial charge in [-0.2, -0.15) is 0 Å². The molecular formula is C18H23NO3S. The van der Waals surface area contributed by atoms with Crippen LogP contribution in [-0.4, -0.2) is 35.5 Å². The normalized spacial score (nSPS) is 17.0. The largest absolute Gasteiger partial charge is 0.492 e. The zero-order valence-corrected chi connectivity index (χ0v) is 14.9. The first kappa shape index (κ1) is 17.6. The molecule has 0 radical (unpaired) electrons. The van der Waals surface area contributed by atoms with Crippen LogP contribution in [0, 0.1) is 12.3 Å². The quantitative estimate of drug-likeness (QED) is 0.775. The molecule has 124 valence electrons. The monoisotopic (exact) mass is 333 g/mol. The molecular weight excluding hydrogens is 310 g/mol. The van der Waals surface area contributed by atoms with Crippen LogP contribution in [0.1, 0.15) is 26.3 Å². The second-order valence-electron chi connectivity index (χ2n) is 6.59. The summed E-state index contributed by atoms with van der Waals surface area (Å²) in [5.41, 5.74) is 0.734. The number of nitrogens with zero attached hydrogens (tertiary/aromatic N) is 1. The number of hydrogen-bond acceptors (Lipinski definition) is 4. The lowest BCUT2D eigenvalue weighted by atomic mass is 9.91. The number of thioether (sulfide) groups is 1. The van der Waals surface area contributed by atoms with Gasteiger partial charge >= 0.3 is 0 Å². The zero-order valence-electron chi connectivity index (χ0n) is 14.1. The SMILES string of the molecule is Cc1ccc(OCCN2C(=O)CSC2=CC(=O)C(C)(C)C)cc1. The van der Waals surface area contributed by atoms with Gasteiger partial charge in [0.15, 0.2) is 5.78 Å². The van der Waals surface area contributed by atoms with Crippen molar-refractivity contribution in [1.82, 2.24) is 4.90 Å². The summed E-state index contributed by atoms with van der Waals surface area (Å²) in [4.78, 5) is 25.8. The van der Waals surface area contributed by atoms with E-state index in [2.05, 4.69) is 0 Å². The predicted molar refractivity (Wildman–Crippen MR) is 93.4 cm³/mol. The highest BCUT2D eigenvalue weighted by Crippen LogP contribution is 2.30. The van der Waals surface area contributed by atoms with Crippen molar-refractivity contribution < 1.29 is 14.3 Å². The standard InChI is InChI=1S/C18H23NO3S/c1-13-5-7-14(8-6-13)22-10-9-19-16(21)12-23-17(19)11-15(20)18(2,3)4/h5-8,11H,9-10,12H2,1-4H3. The number of aryl methyl sites for hydroxylation is 1. The molecule has 1 aromatic rings. The van der Waals surface area contributed by atoms with Gasteiger partial charge < -0.3 is 9.64 Å². The van der Waals surface area contributed by atoms with E-state index in [1.165, 1.54) is 17.3 Å². The van der Waals surface area contributed by atoms with Crippen LogP contribution < -0.4 is 4.74 Å². The van der Waals surface area contributed by atoms with Gasteiger partial charge in [0, 0.05) is 11.5 Å². The minimum Gasteiger partial charge on any atom is -0.492 e. The fourth-order valence-electron chi connectivity index (χ4n) is 1.99. The lowest BCUT2D eigenvalue weighted by Gasteiger charge is -2.19. The Morgan fingerprint density at radius 2 is 1.96 bits per heavy atom. The first-order chi connectivity index (χ1) is 10.8. The summed E-state index contributed by atoms with van der Waals surface area (Å²) in [5.74, 6) is 1.22. The second-order valence-corrected chi connectivity index (χ2v) is 7.59. The number of rotatable bonds is 5. The van der Waals surface area contributed by atoms with E-state index in [0.717, 1.165) is 10.8 Å². The molecule has 1 amide bonds. The zero-order chi connectivity index (χ0) is 17.0. The number of allylic oxidation sites excluding steroid dienone is 1. The summed E-state index contributed by atoms with van der Waals surface area (Å²) in [6.07, 6.45) is 1.58. The fraction of sp³-hybridized carbons (Fsp3) is 0.444. The van der Waals surface area contributed by atoms with Crippen molar-refractivity contribution in [3.05, 3.63) is 40.9 Å². The van der Waals surface area contributed by atoms with Crippen LogP contribution in [0.4, 0.5) is 0 Å². The summed E-state index contributed by atoms with van der Waals surface area (Å²) < 4.78 is 5.68. The minimum atomic E-state index is -0.441. The summed E-state index contributed by atoms with van der Waals surface area (Å²) in [7, 11) is 0. The lowest BCUT2D eigenvalue weighted by Crippen LogP contribution is -2.30. The maximum Gasteiger partial charge on any atom is 0.237 e. The van der Waals surface area contributed by atoms with Gasteiger partial charge in [-0.25, -0.2) is 0 Å². The molecule has 5 heteroatoms. The molecule has 0 bridgehead atoms. The van der Waals surface area contributed by atoms with Gasteiger partial charge in [-0.1, -0.05) is 50.2 Å². The number of carbonyl (C=O) groups excluding carboxylic acids is 2. The Morgan fingerprint density at radius 1 is 1.30 bits per heavy atom. The Bertz CT molecular complexity index is 614. The van der Waals surface area contributed by atoms with E-state index in [1.54, 1.807) is 11.0 Å². The molecule has 1 heterocycles. The molecule has 1 aromatic carbocycles. The third kappa shape index (κ3) is 4.86. The lowest BCUT2D eigenvalue weighted by molar-refractivity contribution is -0.125. The molecule has 4 nitrogen and oxygen atoms in total. The smallest absolute Gasteiger partial charge is 0.237 e. The van der Waals surface area contributed by atoms with Crippen LogP contribution in [0.15, 0.2) is 35.4 Å². The van der Waals surface area contributed by atoms with Gasteiger partial charge in [-0.15, -0.1) is 0 Å². The van der Waals surface area contributed by atoms with Gasteiger partial charge in [0.2, 0.25) is 5.91 Å². The first-order valence-corrected chi connectivity index (χ1v) is 8.65. The molecule has 1 aliphatic rings.